The lowest BCUT2D eigenvalue weighted by Gasteiger charge is -2.02. The summed E-state index contributed by atoms with van der Waals surface area (Å²) in [6.45, 7) is 1.41. The first-order chi connectivity index (χ1) is 11.5. The fourth-order valence-electron chi connectivity index (χ4n) is 2.62. The van der Waals surface area contributed by atoms with Gasteiger partial charge in [-0.25, -0.2) is 0 Å². The Bertz CT molecular complexity index is 951. The van der Waals surface area contributed by atoms with Gasteiger partial charge in [-0.1, -0.05) is 18.2 Å². The molecular formula is C19H15NO4. The van der Waals surface area contributed by atoms with Crippen LogP contribution in [-0.2, 0) is 0 Å². The third kappa shape index (κ3) is 2.60. The zero-order valence-electron chi connectivity index (χ0n) is 13.3. The zero-order valence-corrected chi connectivity index (χ0v) is 13.3. The molecule has 2 aromatic carbocycles. The van der Waals surface area contributed by atoms with Crippen LogP contribution >= 0.6 is 0 Å². The Morgan fingerprint density at radius 2 is 1.58 bits per heavy atom. The molecule has 0 amide bonds. The van der Waals surface area contributed by atoms with E-state index in [2.05, 4.69) is 0 Å². The van der Waals surface area contributed by atoms with Crippen molar-refractivity contribution in [3.05, 3.63) is 65.9 Å². The first kappa shape index (κ1) is 15.7. The van der Waals surface area contributed by atoms with E-state index >= 15 is 0 Å². The Morgan fingerprint density at radius 1 is 0.917 bits per heavy atom. The van der Waals surface area contributed by atoms with Crippen molar-refractivity contribution in [1.29, 1.82) is 0 Å². The molecule has 0 saturated carbocycles. The molecule has 0 unspecified atom stereocenters. The Labute approximate surface area is 138 Å². The number of aromatic nitrogens is 1. The lowest BCUT2D eigenvalue weighted by Crippen LogP contribution is -2.14. The standard InChI is InChI=1S/C19H15NO4/c1-12(21)20-11-16(15-5-3-4-6-17(15)20)19(23)18(22)13-7-9-14(24-2)10-8-13/h3-11H,1-2H3. The topological polar surface area (TPSA) is 65.4 Å². The minimum absolute atomic E-state index is 0.220. The molecule has 0 N–H and O–H groups in total. The average molecular weight is 321 g/mol. The Hall–Kier alpha value is -3.21. The molecule has 24 heavy (non-hydrogen) atoms. The number of benzene rings is 2. The molecule has 0 bridgehead atoms. The van der Waals surface area contributed by atoms with Crippen LogP contribution in [0.5, 0.6) is 5.75 Å². The molecular weight excluding hydrogens is 306 g/mol. The number of fused-ring (bicyclic) bond motifs is 1. The van der Waals surface area contributed by atoms with Gasteiger partial charge in [0.15, 0.2) is 0 Å². The zero-order chi connectivity index (χ0) is 17.3. The van der Waals surface area contributed by atoms with Gasteiger partial charge in [0.2, 0.25) is 17.5 Å². The summed E-state index contributed by atoms with van der Waals surface area (Å²) in [5, 5.41) is 0.583. The van der Waals surface area contributed by atoms with Crippen molar-refractivity contribution in [2.45, 2.75) is 6.92 Å². The molecule has 0 aliphatic heterocycles. The molecule has 0 spiro atoms. The van der Waals surface area contributed by atoms with Gasteiger partial charge in [0.05, 0.1) is 18.2 Å². The lowest BCUT2D eigenvalue weighted by molar-refractivity contribution is 0.0817. The van der Waals surface area contributed by atoms with Crippen LogP contribution in [0.3, 0.4) is 0 Å². The van der Waals surface area contributed by atoms with Crippen molar-refractivity contribution >= 4 is 28.4 Å². The molecule has 3 aromatic rings. The van der Waals surface area contributed by atoms with Gasteiger partial charge >= 0.3 is 0 Å². The third-order valence-corrected chi connectivity index (χ3v) is 3.85. The van der Waals surface area contributed by atoms with Crippen LogP contribution in [0.25, 0.3) is 10.9 Å². The summed E-state index contributed by atoms with van der Waals surface area (Å²) in [6.07, 6.45) is 1.43. The van der Waals surface area contributed by atoms with Gasteiger partial charge in [-0.3, -0.25) is 19.0 Å². The van der Waals surface area contributed by atoms with Crippen molar-refractivity contribution in [1.82, 2.24) is 4.57 Å². The summed E-state index contributed by atoms with van der Waals surface area (Å²) >= 11 is 0. The number of hydrogen-bond acceptors (Lipinski definition) is 4. The van der Waals surface area contributed by atoms with Gasteiger partial charge < -0.3 is 4.74 Å². The van der Waals surface area contributed by atoms with Gasteiger partial charge in [0.25, 0.3) is 0 Å². The number of nitrogens with zero attached hydrogens (tertiary/aromatic N) is 1. The van der Waals surface area contributed by atoms with Gasteiger partial charge in [-0.05, 0) is 30.3 Å². The number of rotatable bonds is 4. The highest BCUT2D eigenvalue weighted by Crippen LogP contribution is 2.23. The molecule has 0 radical (unpaired) electrons. The molecule has 3 rings (SSSR count). The fourth-order valence-corrected chi connectivity index (χ4v) is 2.62. The minimum Gasteiger partial charge on any atom is -0.497 e. The van der Waals surface area contributed by atoms with Crippen molar-refractivity contribution in [3.63, 3.8) is 0 Å². The maximum atomic E-state index is 12.6. The van der Waals surface area contributed by atoms with Crippen molar-refractivity contribution in [2.75, 3.05) is 7.11 Å². The SMILES string of the molecule is COc1ccc(C(=O)C(=O)c2cn(C(C)=O)c3ccccc23)cc1. The van der Waals surface area contributed by atoms with Crippen LogP contribution in [0, 0.1) is 0 Å². The van der Waals surface area contributed by atoms with Gasteiger partial charge in [0, 0.05) is 24.1 Å². The van der Waals surface area contributed by atoms with E-state index in [1.54, 1.807) is 48.5 Å². The molecule has 1 aromatic heterocycles. The quantitative estimate of drug-likeness (QED) is 0.546. The molecule has 5 heteroatoms. The molecule has 0 aliphatic rings. The summed E-state index contributed by atoms with van der Waals surface area (Å²) < 4.78 is 6.42. The first-order valence-electron chi connectivity index (χ1n) is 7.37. The number of Topliss-reactive ketones (excluding diaryl/α,β-unsaturated/α-hetero) is 2. The van der Waals surface area contributed by atoms with Crippen molar-refractivity contribution < 1.29 is 19.1 Å². The second-order valence-electron chi connectivity index (χ2n) is 5.34. The molecule has 1 heterocycles. The van der Waals surface area contributed by atoms with Crippen molar-refractivity contribution in [2.24, 2.45) is 0 Å². The number of para-hydroxylation sites is 1. The summed E-state index contributed by atoms with van der Waals surface area (Å²) in [7, 11) is 1.53. The van der Waals surface area contributed by atoms with E-state index in [-0.39, 0.29) is 17.0 Å². The smallest absolute Gasteiger partial charge is 0.235 e. The van der Waals surface area contributed by atoms with Crippen LogP contribution in [0.1, 0.15) is 32.4 Å². The van der Waals surface area contributed by atoms with E-state index in [0.29, 0.717) is 16.7 Å². The average Bonchev–Trinajstić information content (AvgIpc) is 3.00. The molecule has 0 atom stereocenters. The predicted octanol–water partition coefficient (Wildman–Crippen LogP) is 3.38. The van der Waals surface area contributed by atoms with Gasteiger partial charge in [-0.2, -0.15) is 0 Å². The van der Waals surface area contributed by atoms with Crippen LogP contribution in [-0.4, -0.2) is 29.2 Å². The van der Waals surface area contributed by atoms with E-state index in [4.69, 9.17) is 4.74 Å². The predicted molar refractivity (Wildman–Crippen MR) is 89.9 cm³/mol. The Balaban J connectivity index is 2.04. The van der Waals surface area contributed by atoms with Crippen LogP contribution in [0.15, 0.2) is 54.7 Å². The van der Waals surface area contributed by atoms with E-state index in [1.807, 2.05) is 0 Å². The number of ketones is 2. The summed E-state index contributed by atoms with van der Waals surface area (Å²) in [5.74, 6) is -0.880. The minimum atomic E-state index is -0.642. The molecule has 0 fully saturated rings. The highest BCUT2D eigenvalue weighted by Gasteiger charge is 2.23. The van der Waals surface area contributed by atoms with E-state index in [1.165, 1.54) is 24.8 Å². The summed E-state index contributed by atoms with van der Waals surface area (Å²) in [4.78, 5) is 36.9. The maximum Gasteiger partial charge on any atom is 0.235 e. The fraction of sp³-hybridized carbons (Fsp3) is 0.105. The normalized spacial score (nSPS) is 10.6. The second-order valence-corrected chi connectivity index (χ2v) is 5.34. The molecule has 120 valence electrons. The monoisotopic (exact) mass is 321 g/mol. The molecule has 0 saturated heterocycles. The van der Waals surface area contributed by atoms with Crippen LogP contribution < -0.4 is 4.74 Å². The molecule has 0 aliphatic carbocycles. The number of hydrogen-bond donors (Lipinski definition) is 0. The van der Waals surface area contributed by atoms with E-state index < -0.39 is 11.6 Å². The van der Waals surface area contributed by atoms with Crippen molar-refractivity contribution in [3.8, 4) is 5.75 Å². The number of carbonyl (C=O) groups excluding carboxylic acids is 3. The number of methoxy groups -OCH3 is 1. The van der Waals surface area contributed by atoms with Gasteiger partial charge in [0.1, 0.15) is 5.75 Å². The van der Waals surface area contributed by atoms with Crippen LogP contribution in [0.2, 0.25) is 0 Å². The van der Waals surface area contributed by atoms with Gasteiger partial charge in [-0.15, -0.1) is 0 Å². The van der Waals surface area contributed by atoms with E-state index in [9.17, 15) is 14.4 Å². The molecule has 5 nitrogen and oxygen atoms in total. The number of ether oxygens (including phenoxy) is 1. The summed E-state index contributed by atoms with van der Waals surface area (Å²) in [6, 6.07) is 13.3. The second kappa shape index (κ2) is 6.12. The Kier molecular flexibility index (Phi) is 4.00. The van der Waals surface area contributed by atoms with Crippen LogP contribution in [0.4, 0.5) is 0 Å². The maximum absolute atomic E-state index is 12.6. The highest BCUT2D eigenvalue weighted by molar-refractivity contribution is 6.51. The Morgan fingerprint density at radius 3 is 2.21 bits per heavy atom. The summed E-state index contributed by atoms with van der Waals surface area (Å²) in [5.41, 5.74) is 1.11. The van der Waals surface area contributed by atoms with E-state index in [0.717, 1.165) is 0 Å². The third-order valence-electron chi connectivity index (χ3n) is 3.85. The first-order valence-corrected chi connectivity index (χ1v) is 7.37. The lowest BCUT2D eigenvalue weighted by atomic mass is 10.0. The number of carbonyl (C=O) groups is 3. The largest absolute Gasteiger partial charge is 0.497 e. The highest BCUT2D eigenvalue weighted by atomic mass is 16.5.